The number of fused-ring (bicyclic) bond motifs is 1. The molecular weight excluding hydrogens is 268 g/mol. The predicted molar refractivity (Wildman–Crippen MR) is 81.3 cm³/mol. The van der Waals surface area contributed by atoms with E-state index in [0.29, 0.717) is 0 Å². The number of nitrogens with one attached hydrogen (secondary N) is 1. The van der Waals surface area contributed by atoms with Gasteiger partial charge in [-0.2, -0.15) is 0 Å². The lowest BCUT2D eigenvalue weighted by Crippen LogP contribution is -2.52. The van der Waals surface area contributed by atoms with Crippen molar-refractivity contribution in [1.82, 2.24) is 5.32 Å². The lowest BCUT2D eigenvalue weighted by molar-refractivity contribution is -0.121. The van der Waals surface area contributed by atoms with Crippen molar-refractivity contribution in [2.45, 2.75) is 39.3 Å². The Kier molecular flexibility index (Phi) is 4.50. The van der Waals surface area contributed by atoms with Crippen molar-refractivity contribution in [2.75, 3.05) is 12.0 Å². The average molecular weight is 290 g/mol. The highest BCUT2D eigenvalue weighted by atomic mass is 16.5. The van der Waals surface area contributed by atoms with Gasteiger partial charge in [0.2, 0.25) is 5.91 Å². The fourth-order valence-electron chi connectivity index (χ4n) is 2.75. The maximum Gasteiger partial charge on any atom is 0.407 e. The molecule has 5 heteroatoms. The summed E-state index contributed by atoms with van der Waals surface area (Å²) in [7, 11) is 1.30. The Labute approximate surface area is 125 Å². The number of benzene rings is 1. The molecule has 1 aliphatic rings. The molecule has 0 aliphatic carbocycles. The third-order valence-electron chi connectivity index (χ3n) is 3.84. The maximum absolute atomic E-state index is 12.9. The number of carbonyl (C=O) groups excluding carboxylic acids is 2. The highest BCUT2D eigenvalue weighted by molar-refractivity contribution is 6.01. The topological polar surface area (TPSA) is 58.6 Å². The van der Waals surface area contributed by atoms with E-state index in [0.717, 1.165) is 12.1 Å². The van der Waals surface area contributed by atoms with Gasteiger partial charge in [0.1, 0.15) is 6.04 Å². The smallest absolute Gasteiger partial charge is 0.407 e. The van der Waals surface area contributed by atoms with E-state index in [-0.39, 0.29) is 17.9 Å². The Bertz CT molecular complexity index is 542. The number of amides is 2. The largest absolute Gasteiger partial charge is 0.453 e. The number of carbonyl (C=O) groups is 2. The fourth-order valence-corrected chi connectivity index (χ4v) is 2.75. The zero-order valence-electron chi connectivity index (χ0n) is 12.9. The van der Waals surface area contributed by atoms with Gasteiger partial charge in [-0.05, 0) is 30.9 Å². The van der Waals surface area contributed by atoms with Crippen molar-refractivity contribution < 1.29 is 14.3 Å². The van der Waals surface area contributed by atoms with E-state index < -0.39 is 12.1 Å². The minimum Gasteiger partial charge on any atom is -0.453 e. The zero-order chi connectivity index (χ0) is 15.6. The lowest BCUT2D eigenvalue weighted by atomic mass is 10.0. The van der Waals surface area contributed by atoms with Gasteiger partial charge in [0, 0.05) is 11.7 Å². The Balaban J connectivity index is 2.27. The molecule has 2 amide bonds. The monoisotopic (exact) mass is 290 g/mol. The molecule has 1 aromatic rings. The number of hydrogen-bond acceptors (Lipinski definition) is 3. The Morgan fingerprint density at radius 1 is 1.33 bits per heavy atom. The van der Waals surface area contributed by atoms with Crippen LogP contribution in [0.2, 0.25) is 0 Å². The van der Waals surface area contributed by atoms with Crippen molar-refractivity contribution in [3.63, 3.8) is 0 Å². The summed E-state index contributed by atoms with van der Waals surface area (Å²) < 4.78 is 4.62. The maximum atomic E-state index is 12.9. The van der Waals surface area contributed by atoms with Crippen LogP contribution >= 0.6 is 0 Å². The number of anilines is 1. The van der Waals surface area contributed by atoms with Crippen LogP contribution in [-0.2, 0) is 16.0 Å². The van der Waals surface area contributed by atoms with Gasteiger partial charge in [-0.25, -0.2) is 4.79 Å². The quantitative estimate of drug-likeness (QED) is 0.929. The van der Waals surface area contributed by atoms with Crippen LogP contribution in [0, 0.1) is 5.92 Å². The van der Waals surface area contributed by atoms with Crippen LogP contribution in [0.3, 0.4) is 0 Å². The number of ether oxygens (including phenoxy) is 1. The van der Waals surface area contributed by atoms with Gasteiger partial charge in [0.25, 0.3) is 0 Å². The van der Waals surface area contributed by atoms with Crippen LogP contribution in [0.15, 0.2) is 24.3 Å². The van der Waals surface area contributed by atoms with Crippen LogP contribution < -0.4 is 10.2 Å². The van der Waals surface area contributed by atoms with E-state index in [1.807, 2.05) is 45.0 Å². The molecule has 0 saturated carbocycles. The molecule has 1 aromatic carbocycles. The molecular formula is C16H22N2O3. The first-order valence-electron chi connectivity index (χ1n) is 7.21. The molecule has 2 atom stereocenters. The standard InChI is InChI=1S/C16H22N2O3/c1-10(2)14(17-16(20)21-4)15(19)18-11(3)9-12-7-5-6-8-13(12)18/h5-8,10-11,14H,9H2,1-4H3,(H,17,20)/t11-,14+/m1/s1. The van der Waals surface area contributed by atoms with Gasteiger partial charge < -0.3 is 15.0 Å². The number of rotatable bonds is 3. The second-order valence-electron chi connectivity index (χ2n) is 5.75. The molecule has 0 spiro atoms. The minimum absolute atomic E-state index is 0.0171. The summed E-state index contributed by atoms with van der Waals surface area (Å²) in [6, 6.07) is 7.40. The molecule has 1 heterocycles. The zero-order valence-corrected chi connectivity index (χ0v) is 12.9. The van der Waals surface area contributed by atoms with Gasteiger partial charge in [0.15, 0.2) is 0 Å². The van der Waals surface area contributed by atoms with E-state index in [1.165, 1.54) is 12.7 Å². The third kappa shape index (κ3) is 3.01. The van der Waals surface area contributed by atoms with E-state index in [2.05, 4.69) is 10.1 Å². The summed E-state index contributed by atoms with van der Waals surface area (Å²) >= 11 is 0. The van der Waals surface area contributed by atoms with Crippen LogP contribution in [0.25, 0.3) is 0 Å². The molecule has 0 radical (unpaired) electrons. The summed E-state index contributed by atoms with van der Waals surface area (Å²) in [6.45, 7) is 5.84. The van der Waals surface area contributed by atoms with Crippen molar-refractivity contribution in [2.24, 2.45) is 5.92 Å². The Morgan fingerprint density at radius 3 is 2.62 bits per heavy atom. The summed E-state index contributed by atoms with van der Waals surface area (Å²) in [5.41, 5.74) is 2.10. The fraction of sp³-hybridized carbons (Fsp3) is 0.500. The summed E-state index contributed by atoms with van der Waals surface area (Å²) in [6.07, 6.45) is 0.257. The summed E-state index contributed by atoms with van der Waals surface area (Å²) in [4.78, 5) is 26.1. The van der Waals surface area contributed by atoms with E-state index in [1.54, 1.807) is 4.90 Å². The SMILES string of the molecule is COC(=O)N[C@H](C(=O)N1c2ccccc2C[C@H]1C)C(C)C. The number of nitrogens with zero attached hydrogens (tertiary/aromatic N) is 1. The van der Waals surface area contributed by atoms with Gasteiger partial charge in [-0.1, -0.05) is 32.0 Å². The molecule has 0 saturated heterocycles. The molecule has 0 fully saturated rings. The third-order valence-corrected chi connectivity index (χ3v) is 3.84. The van der Waals surface area contributed by atoms with Crippen LogP contribution in [-0.4, -0.2) is 31.2 Å². The highest BCUT2D eigenvalue weighted by Crippen LogP contribution is 2.32. The van der Waals surface area contributed by atoms with E-state index >= 15 is 0 Å². The molecule has 21 heavy (non-hydrogen) atoms. The molecule has 0 bridgehead atoms. The van der Waals surface area contributed by atoms with Crippen LogP contribution in [0.1, 0.15) is 26.3 Å². The van der Waals surface area contributed by atoms with Crippen LogP contribution in [0.5, 0.6) is 0 Å². The molecule has 1 aliphatic heterocycles. The molecule has 2 rings (SSSR count). The van der Waals surface area contributed by atoms with Crippen molar-refractivity contribution in [1.29, 1.82) is 0 Å². The number of para-hydroxylation sites is 1. The van der Waals surface area contributed by atoms with Gasteiger partial charge in [0.05, 0.1) is 7.11 Å². The van der Waals surface area contributed by atoms with Crippen molar-refractivity contribution in [3.8, 4) is 0 Å². The Morgan fingerprint density at radius 2 is 2.00 bits per heavy atom. The van der Waals surface area contributed by atoms with Crippen LogP contribution in [0.4, 0.5) is 10.5 Å². The van der Waals surface area contributed by atoms with Gasteiger partial charge in [-0.3, -0.25) is 4.79 Å². The predicted octanol–water partition coefficient (Wildman–Crippen LogP) is 2.34. The normalized spacial score (nSPS) is 18.3. The summed E-state index contributed by atoms with van der Waals surface area (Å²) in [5.74, 6) is -0.107. The summed E-state index contributed by atoms with van der Waals surface area (Å²) in [5, 5.41) is 2.64. The van der Waals surface area contributed by atoms with E-state index in [9.17, 15) is 9.59 Å². The first-order chi connectivity index (χ1) is 9.95. The van der Waals surface area contributed by atoms with Gasteiger partial charge >= 0.3 is 6.09 Å². The lowest BCUT2D eigenvalue weighted by Gasteiger charge is -2.29. The van der Waals surface area contributed by atoms with Gasteiger partial charge in [-0.15, -0.1) is 0 Å². The molecule has 0 unspecified atom stereocenters. The second kappa shape index (κ2) is 6.16. The second-order valence-corrected chi connectivity index (χ2v) is 5.75. The number of hydrogen-bond donors (Lipinski definition) is 1. The Hall–Kier alpha value is -2.04. The molecule has 5 nitrogen and oxygen atoms in total. The first-order valence-corrected chi connectivity index (χ1v) is 7.21. The first kappa shape index (κ1) is 15.4. The molecule has 114 valence electrons. The number of methoxy groups -OCH3 is 1. The number of alkyl carbamates (subject to hydrolysis) is 1. The average Bonchev–Trinajstić information content (AvgIpc) is 2.79. The van der Waals surface area contributed by atoms with E-state index in [4.69, 9.17) is 0 Å². The highest BCUT2D eigenvalue weighted by Gasteiger charge is 2.36. The van der Waals surface area contributed by atoms with Crippen molar-refractivity contribution >= 4 is 17.7 Å². The molecule has 0 aromatic heterocycles. The minimum atomic E-state index is -0.592. The molecule has 1 N–H and O–H groups in total. The van der Waals surface area contributed by atoms with Crippen molar-refractivity contribution in [3.05, 3.63) is 29.8 Å².